The normalized spacial score (nSPS) is 14.7. The minimum Gasteiger partial charge on any atom is -0.432 e. The lowest BCUT2D eigenvalue weighted by molar-refractivity contribution is -0.384. The Labute approximate surface area is 211 Å². The summed E-state index contributed by atoms with van der Waals surface area (Å²) >= 11 is 0. The predicted molar refractivity (Wildman–Crippen MR) is 132 cm³/mol. The summed E-state index contributed by atoms with van der Waals surface area (Å²) in [5.41, 5.74) is -0.141. The van der Waals surface area contributed by atoms with Crippen LogP contribution < -0.4 is 15.4 Å². The van der Waals surface area contributed by atoms with Gasteiger partial charge in [0.25, 0.3) is 5.69 Å². The van der Waals surface area contributed by atoms with E-state index in [9.17, 15) is 29.3 Å². The number of nitro groups is 1. The minimum atomic E-state index is -1.02. The number of hydrogen-bond donors (Lipinski definition) is 2. The summed E-state index contributed by atoms with van der Waals surface area (Å²) in [5, 5.41) is 16.4. The fraction of sp³-hybridized carbons (Fsp3) is 0.545. The highest BCUT2D eigenvalue weighted by Gasteiger charge is 2.16. The number of benzene rings is 1. The lowest BCUT2D eigenvalue weighted by Gasteiger charge is -2.08. The molecule has 0 spiro atoms. The van der Waals surface area contributed by atoms with E-state index in [1.165, 1.54) is 36.4 Å². The maximum atomic E-state index is 11.9. The number of unbranched alkanes of at least 4 members (excludes halogenated alkanes) is 1. The molecule has 2 amide bonds. The average molecular weight is 528 g/mol. The Morgan fingerprint density at radius 2 is 1.77 bits per heavy atom. The SMILES string of the molecule is O=C(CCC(=O)NCCOC(=O)Oc1ccc([N+](=O)[O-])cc1)CNC(=O)CCCCC1CCSS1. The molecular weight excluding hydrogens is 498 g/mol. The first-order chi connectivity index (χ1) is 16.8. The second-order valence-corrected chi connectivity index (χ2v) is 10.5. The Bertz CT molecular complexity index is 876. The van der Waals surface area contributed by atoms with Gasteiger partial charge in [-0.25, -0.2) is 4.79 Å². The van der Waals surface area contributed by atoms with E-state index in [0.29, 0.717) is 11.7 Å². The standard InChI is InChI=1S/C22H29N3O8S2/c26-17(15-24-20(27)4-2-1-3-19-11-14-34-35-19)7-10-21(28)23-12-13-32-22(29)33-18-8-5-16(6-9-18)25(30)31/h5-6,8-9,19H,1-4,7,10-15H2,(H,23,28)(H,24,27). The molecule has 0 aliphatic carbocycles. The van der Waals surface area contributed by atoms with E-state index >= 15 is 0 Å². The first kappa shape index (κ1) is 28.4. The van der Waals surface area contributed by atoms with E-state index in [4.69, 9.17) is 9.47 Å². The van der Waals surface area contributed by atoms with Gasteiger partial charge >= 0.3 is 6.16 Å². The zero-order valence-corrected chi connectivity index (χ0v) is 20.8. The smallest absolute Gasteiger partial charge is 0.432 e. The molecule has 35 heavy (non-hydrogen) atoms. The molecule has 1 fully saturated rings. The van der Waals surface area contributed by atoms with Crippen LogP contribution >= 0.6 is 21.6 Å². The van der Waals surface area contributed by atoms with Crippen molar-refractivity contribution in [3.05, 3.63) is 34.4 Å². The summed E-state index contributed by atoms with van der Waals surface area (Å²) in [4.78, 5) is 57.1. The number of ether oxygens (including phenoxy) is 2. The number of carbonyl (C=O) groups is 4. The number of non-ortho nitro benzene ring substituents is 1. The van der Waals surface area contributed by atoms with Crippen LogP contribution in [0.1, 0.15) is 44.9 Å². The first-order valence-electron chi connectivity index (χ1n) is 11.3. The van der Waals surface area contributed by atoms with Gasteiger partial charge in [-0.05, 0) is 31.4 Å². The second kappa shape index (κ2) is 16.0. The molecule has 0 bridgehead atoms. The topological polar surface area (TPSA) is 154 Å². The number of nitrogens with zero attached hydrogens (tertiary/aromatic N) is 1. The van der Waals surface area contributed by atoms with E-state index < -0.39 is 11.1 Å². The highest BCUT2D eigenvalue weighted by atomic mass is 33.1. The quantitative estimate of drug-likeness (QED) is 0.0866. The zero-order chi connectivity index (χ0) is 25.5. The molecule has 1 atom stereocenters. The molecule has 1 aromatic rings. The third-order valence-electron chi connectivity index (χ3n) is 4.91. The average Bonchev–Trinajstić information content (AvgIpc) is 3.36. The molecule has 1 saturated heterocycles. The maximum Gasteiger partial charge on any atom is 0.513 e. The van der Waals surface area contributed by atoms with Gasteiger partial charge in [-0.3, -0.25) is 24.5 Å². The molecular formula is C22H29N3O8S2. The minimum absolute atomic E-state index is 0.00821. The molecule has 1 aliphatic heterocycles. The highest BCUT2D eigenvalue weighted by Crippen LogP contribution is 2.39. The summed E-state index contributed by atoms with van der Waals surface area (Å²) < 4.78 is 9.67. The highest BCUT2D eigenvalue weighted by molar-refractivity contribution is 8.77. The molecule has 1 aromatic carbocycles. The van der Waals surface area contributed by atoms with Crippen molar-refractivity contribution in [2.24, 2.45) is 0 Å². The van der Waals surface area contributed by atoms with Crippen LogP contribution in [-0.2, 0) is 19.1 Å². The Hall–Kier alpha value is -2.80. The van der Waals surface area contributed by atoms with Crippen LogP contribution in [0.15, 0.2) is 24.3 Å². The van der Waals surface area contributed by atoms with Crippen molar-refractivity contribution >= 4 is 51.0 Å². The summed E-state index contributed by atoms with van der Waals surface area (Å²) in [6, 6.07) is 4.89. The Kier molecular flexibility index (Phi) is 13.0. The van der Waals surface area contributed by atoms with Crippen LogP contribution in [0.3, 0.4) is 0 Å². The van der Waals surface area contributed by atoms with E-state index in [1.54, 1.807) is 0 Å². The summed E-state index contributed by atoms with van der Waals surface area (Å²) in [6.07, 6.45) is 3.47. The van der Waals surface area contributed by atoms with Crippen LogP contribution in [0.5, 0.6) is 5.75 Å². The number of nitro benzene ring substituents is 1. The molecule has 13 heteroatoms. The van der Waals surface area contributed by atoms with Crippen LogP contribution in [0, 0.1) is 10.1 Å². The number of rotatable bonds is 15. The lowest BCUT2D eigenvalue weighted by Crippen LogP contribution is -2.31. The molecule has 2 rings (SSSR count). The third-order valence-corrected chi connectivity index (χ3v) is 7.92. The van der Waals surface area contributed by atoms with Gasteiger partial charge in [0, 0.05) is 42.4 Å². The fourth-order valence-corrected chi connectivity index (χ4v) is 6.05. The monoisotopic (exact) mass is 527 g/mol. The van der Waals surface area contributed by atoms with Gasteiger partial charge in [-0.15, -0.1) is 0 Å². The van der Waals surface area contributed by atoms with Gasteiger partial charge in [-0.1, -0.05) is 28.0 Å². The lowest BCUT2D eigenvalue weighted by atomic mass is 10.1. The number of nitrogens with one attached hydrogen (secondary N) is 2. The maximum absolute atomic E-state index is 11.9. The van der Waals surface area contributed by atoms with Crippen molar-refractivity contribution in [2.45, 2.75) is 50.2 Å². The number of carbonyl (C=O) groups excluding carboxylic acids is 4. The van der Waals surface area contributed by atoms with Crippen LogP contribution in [0.2, 0.25) is 0 Å². The van der Waals surface area contributed by atoms with Crippen molar-refractivity contribution in [3.8, 4) is 5.75 Å². The van der Waals surface area contributed by atoms with E-state index in [0.717, 1.165) is 19.3 Å². The van der Waals surface area contributed by atoms with Crippen molar-refractivity contribution in [2.75, 3.05) is 25.4 Å². The van der Waals surface area contributed by atoms with Gasteiger partial charge in [0.2, 0.25) is 11.8 Å². The molecule has 1 heterocycles. The Morgan fingerprint density at radius 3 is 2.46 bits per heavy atom. The van der Waals surface area contributed by atoms with Crippen molar-refractivity contribution in [1.82, 2.24) is 10.6 Å². The van der Waals surface area contributed by atoms with Gasteiger partial charge in [0.15, 0.2) is 5.78 Å². The number of amides is 2. The van der Waals surface area contributed by atoms with Gasteiger partial charge in [-0.2, -0.15) is 0 Å². The summed E-state index contributed by atoms with van der Waals surface area (Å²) in [6.45, 7) is -0.226. The molecule has 0 aromatic heterocycles. The summed E-state index contributed by atoms with van der Waals surface area (Å²) in [5.74, 6) is 0.493. The van der Waals surface area contributed by atoms with Crippen LogP contribution in [0.25, 0.3) is 0 Å². The van der Waals surface area contributed by atoms with E-state index in [2.05, 4.69) is 10.6 Å². The first-order valence-corrected chi connectivity index (χ1v) is 13.6. The third kappa shape index (κ3) is 12.5. The number of hydrogen-bond acceptors (Lipinski definition) is 10. The second-order valence-electron chi connectivity index (χ2n) is 7.69. The van der Waals surface area contributed by atoms with Crippen LogP contribution in [0.4, 0.5) is 10.5 Å². The fourth-order valence-electron chi connectivity index (χ4n) is 3.02. The molecule has 0 radical (unpaired) electrons. The van der Waals surface area contributed by atoms with Gasteiger partial charge < -0.3 is 20.1 Å². The molecule has 1 aliphatic rings. The molecule has 192 valence electrons. The summed E-state index contributed by atoms with van der Waals surface area (Å²) in [7, 11) is 3.83. The number of ketones is 1. The Balaban J connectivity index is 1.46. The molecule has 1 unspecified atom stereocenters. The Morgan fingerprint density at radius 1 is 1.03 bits per heavy atom. The molecule has 0 saturated carbocycles. The zero-order valence-electron chi connectivity index (χ0n) is 19.2. The van der Waals surface area contributed by atoms with Crippen LogP contribution in [-0.4, -0.2) is 59.4 Å². The van der Waals surface area contributed by atoms with E-state index in [1.807, 2.05) is 21.6 Å². The van der Waals surface area contributed by atoms with Crippen molar-refractivity contribution < 1.29 is 33.6 Å². The predicted octanol–water partition coefficient (Wildman–Crippen LogP) is 3.41. The van der Waals surface area contributed by atoms with Crippen molar-refractivity contribution in [1.29, 1.82) is 0 Å². The molecule has 2 N–H and O–H groups in total. The largest absolute Gasteiger partial charge is 0.513 e. The van der Waals surface area contributed by atoms with Gasteiger partial charge in [0.05, 0.1) is 18.0 Å². The number of Topliss-reactive ketones (excluding diaryl/α,β-unsaturated/α-hetero) is 1. The molecule has 11 nitrogen and oxygen atoms in total. The van der Waals surface area contributed by atoms with Gasteiger partial charge in [0.1, 0.15) is 12.4 Å². The van der Waals surface area contributed by atoms with Crippen molar-refractivity contribution in [3.63, 3.8) is 0 Å². The van der Waals surface area contributed by atoms with E-state index in [-0.39, 0.29) is 61.6 Å².